The highest BCUT2D eigenvalue weighted by Crippen LogP contribution is 2.07. The molecular weight excluding hydrogens is 380 g/mol. The van der Waals surface area contributed by atoms with Gasteiger partial charge < -0.3 is 4.57 Å². The Balaban J connectivity index is 1.95. The van der Waals surface area contributed by atoms with Crippen LogP contribution in [0.25, 0.3) is 0 Å². The van der Waals surface area contributed by atoms with Crippen molar-refractivity contribution in [2.75, 3.05) is 0 Å². The molecule has 0 fully saturated rings. The molecule has 0 saturated heterocycles. The minimum atomic E-state index is -1.97. The molecule has 146 valence electrons. The van der Waals surface area contributed by atoms with E-state index in [2.05, 4.69) is 50.5 Å². The quantitative estimate of drug-likeness (QED) is 0.588. The van der Waals surface area contributed by atoms with Crippen LogP contribution in [0.3, 0.4) is 0 Å². The highest BCUT2D eigenvalue weighted by atomic mass is 28.3. The van der Waals surface area contributed by atoms with Crippen molar-refractivity contribution in [3.63, 3.8) is 0 Å². The Morgan fingerprint density at radius 1 is 0.679 bits per heavy atom. The first-order valence-corrected chi connectivity index (χ1v) is 16.0. The molecular formula is C22H28N2O2Si2. The summed E-state index contributed by atoms with van der Waals surface area (Å²) in [5, 5.41) is 2.55. The van der Waals surface area contributed by atoms with E-state index in [1.165, 1.54) is 21.0 Å². The molecule has 0 saturated carbocycles. The van der Waals surface area contributed by atoms with Gasteiger partial charge in [0.25, 0.3) is 5.56 Å². The van der Waals surface area contributed by atoms with Crippen molar-refractivity contribution >= 4 is 26.5 Å². The van der Waals surface area contributed by atoms with Crippen LogP contribution < -0.4 is 21.6 Å². The molecule has 0 spiro atoms. The predicted molar refractivity (Wildman–Crippen MR) is 122 cm³/mol. The molecule has 0 radical (unpaired) electrons. The minimum Gasteiger partial charge on any atom is -0.303 e. The van der Waals surface area contributed by atoms with Crippen LogP contribution in [0.2, 0.25) is 26.2 Å². The van der Waals surface area contributed by atoms with Crippen molar-refractivity contribution in [1.29, 1.82) is 0 Å². The van der Waals surface area contributed by atoms with Gasteiger partial charge >= 0.3 is 5.69 Å². The zero-order valence-corrected chi connectivity index (χ0v) is 19.1. The van der Waals surface area contributed by atoms with Gasteiger partial charge in [0, 0.05) is 24.6 Å². The van der Waals surface area contributed by atoms with E-state index in [9.17, 15) is 9.59 Å². The number of hydrogen-bond donors (Lipinski definition) is 0. The van der Waals surface area contributed by atoms with E-state index in [1.807, 2.05) is 36.4 Å². The second-order valence-electron chi connectivity index (χ2n) is 8.65. The molecule has 28 heavy (non-hydrogen) atoms. The van der Waals surface area contributed by atoms with Gasteiger partial charge in [-0.3, -0.25) is 9.36 Å². The summed E-state index contributed by atoms with van der Waals surface area (Å²) in [6.45, 7) is 8.92. The summed E-state index contributed by atoms with van der Waals surface area (Å²) in [6.07, 6.45) is 2.81. The van der Waals surface area contributed by atoms with Gasteiger partial charge in [0.2, 0.25) is 0 Å². The largest absolute Gasteiger partial charge is 0.330 e. The molecule has 0 atom stereocenters. The molecule has 0 aliphatic rings. The van der Waals surface area contributed by atoms with Crippen molar-refractivity contribution < 1.29 is 0 Å². The summed E-state index contributed by atoms with van der Waals surface area (Å²) >= 11 is 0. The third-order valence-corrected chi connectivity index (χ3v) is 11.4. The van der Waals surface area contributed by atoms with Crippen molar-refractivity contribution in [2.45, 2.75) is 38.5 Å². The third kappa shape index (κ3) is 4.34. The van der Waals surface area contributed by atoms with Crippen LogP contribution in [-0.2, 0) is 12.3 Å². The lowest BCUT2D eigenvalue weighted by Gasteiger charge is -2.26. The Labute approximate surface area is 168 Å². The van der Waals surface area contributed by atoms with Crippen molar-refractivity contribution in [2.24, 2.45) is 0 Å². The molecule has 1 heterocycles. The SMILES string of the molecule is C[Si](C)(Cn1ccc(=O)n(C[Si](C)(C)c2ccccc2)c1=O)c1ccccc1. The second-order valence-corrected chi connectivity index (χ2v) is 18.0. The van der Waals surface area contributed by atoms with Gasteiger partial charge in [0.05, 0.1) is 0 Å². The molecule has 1 aromatic heterocycles. The van der Waals surface area contributed by atoms with Crippen LogP contribution in [0.5, 0.6) is 0 Å². The molecule has 0 aliphatic heterocycles. The van der Waals surface area contributed by atoms with E-state index in [1.54, 1.807) is 10.8 Å². The maximum absolute atomic E-state index is 13.2. The Bertz CT molecular complexity index is 1060. The Morgan fingerprint density at radius 3 is 1.64 bits per heavy atom. The van der Waals surface area contributed by atoms with Gasteiger partial charge in [-0.25, -0.2) is 4.79 Å². The topological polar surface area (TPSA) is 44.0 Å². The maximum atomic E-state index is 13.2. The van der Waals surface area contributed by atoms with E-state index in [0.717, 1.165) is 0 Å². The predicted octanol–water partition coefficient (Wildman–Crippen LogP) is 2.32. The van der Waals surface area contributed by atoms with Gasteiger partial charge in [-0.15, -0.1) is 0 Å². The Hall–Kier alpha value is -2.45. The standard InChI is InChI=1S/C22H28N2O2Si2/c1-27(2,19-11-7-5-8-12-19)17-23-16-15-21(25)24(22(23)26)18-28(3,4)20-13-9-6-10-14-20/h5-16H,17-18H2,1-4H3. The summed E-state index contributed by atoms with van der Waals surface area (Å²) in [5.74, 6) is 0. The van der Waals surface area contributed by atoms with Crippen LogP contribution in [0, 0.1) is 0 Å². The normalized spacial score (nSPS) is 12.1. The first kappa shape index (κ1) is 20.3. The fraction of sp³-hybridized carbons (Fsp3) is 0.273. The summed E-state index contributed by atoms with van der Waals surface area (Å²) in [5.41, 5.74) is -0.405. The number of benzene rings is 2. The Kier molecular flexibility index (Phi) is 5.72. The number of hydrogen-bond acceptors (Lipinski definition) is 2. The van der Waals surface area contributed by atoms with Crippen LogP contribution in [0.4, 0.5) is 0 Å². The summed E-state index contributed by atoms with van der Waals surface area (Å²) in [7, 11) is -3.82. The minimum absolute atomic E-state index is 0.194. The van der Waals surface area contributed by atoms with Gasteiger partial charge in [0.15, 0.2) is 0 Å². The van der Waals surface area contributed by atoms with Gasteiger partial charge in [0.1, 0.15) is 16.1 Å². The average Bonchev–Trinajstić information content (AvgIpc) is 2.69. The van der Waals surface area contributed by atoms with Crippen LogP contribution in [-0.4, -0.2) is 25.3 Å². The molecule has 6 heteroatoms. The van der Waals surface area contributed by atoms with Crippen molar-refractivity contribution in [3.8, 4) is 0 Å². The Morgan fingerprint density at radius 2 is 1.14 bits per heavy atom. The molecule has 2 aromatic carbocycles. The lowest BCUT2D eigenvalue weighted by Crippen LogP contribution is -2.54. The fourth-order valence-corrected chi connectivity index (χ4v) is 8.33. The average molecular weight is 409 g/mol. The molecule has 4 nitrogen and oxygen atoms in total. The number of nitrogens with zero attached hydrogens (tertiary/aromatic N) is 2. The zero-order chi connectivity index (χ0) is 20.4. The van der Waals surface area contributed by atoms with Crippen LogP contribution >= 0.6 is 0 Å². The summed E-state index contributed by atoms with van der Waals surface area (Å²) in [6, 6.07) is 22.1. The smallest absolute Gasteiger partial charge is 0.303 e. The fourth-order valence-electron chi connectivity index (χ4n) is 3.61. The van der Waals surface area contributed by atoms with Crippen molar-refractivity contribution in [3.05, 3.63) is 93.8 Å². The van der Waals surface area contributed by atoms with E-state index in [0.29, 0.717) is 12.3 Å². The maximum Gasteiger partial charge on any atom is 0.330 e. The van der Waals surface area contributed by atoms with Crippen molar-refractivity contribution in [1.82, 2.24) is 9.13 Å². The van der Waals surface area contributed by atoms with E-state index < -0.39 is 16.1 Å². The molecule has 0 bridgehead atoms. The first-order valence-electron chi connectivity index (χ1n) is 9.62. The van der Waals surface area contributed by atoms with E-state index in [-0.39, 0.29) is 11.2 Å². The second kappa shape index (κ2) is 7.89. The molecule has 0 N–H and O–H groups in total. The van der Waals surface area contributed by atoms with Gasteiger partial charge in [-0.05, 0) is 0 Å². The van der Waals surface area contributed by atoms with Gasteiger partial charge in [-0.1, -0.05) is 97.2 Å². The molecule has 0 unspecified atom stereocenters. The van der Waals surface area contributed by atoms with Gasteiger partial charge in [-0.2, -0.15) is 0 Å². The van der Waals surface area contributed by atoms with Crippen LogP contribution in [0.1, 0.15) is 0 Å². The van der Waals surface area contributed by atoms with Crippen LogP contribution in [0.15, 0.2) is 82.5 Å². The molecule has 0 amide bonds. The van der Waals surface area contributed by atoms with E-state index in [4.69, 9.17) is 0 Å². The number of aromatic nitrogens is 2. The number of rotatable bonds is 6. The molecule has 3 aromatic rings. The van der Waals surface area contributed by atoms with E-state index >= 15 is 0 Å². The third-order valence-electron chi connectivity index (χ3n) is 5.37. The molecule has 3 rings (SSSR count). The highest BCUT2D eigenvalue weighted by Gasteiger charge is 2.28. The first-order chi connectivity index (χ1) is 13.2. The summed E-state index contributed by atoms with van der Waals surface area (Å²) in [4.78, 5) is 25.7. The lowest BCUT2D eigenvalue weighted by molar-refractivity contribution is 0.648. The zero-order valence-electron chi connectivity index (χ0n) is 17.1. The molecule has 0 aliphatic carbocycles. The monoisotopic (exact) mass is 408 g/mol. The highest BCUT2D eigenvalue weighted by molar-refractivity contribution is 6.89. The summed E-state index contributed by atoms with van der Waals surface area (Å²) < 4.78 is 3.17. The lowest BCUT2D eigenvalue weighted by atomic mass is 10.4.